The van der Waals surface area contributed by atoms with Crippen LogP contribution in [0.25, 0.3) is 0 Å². The van der Waals surface area contributed by atoms with E-state index >= 15 is 0 Å². The van der Waals surface area contributed by atoms with Crippen LogP contribution in [0.2, 0.25) is 0 Å². The average molecular weight is 169 g/mol. The van der Waals surface area contributed by atoms with Gasteiger partial charge < -0.3 is 5.11 Å². The van der Waals surface area contributed by atoms with Crippen LogP contribution in [-0.4, -0.2) is 27.7 Å². The molecule has 12 heavy (non-hydrogen) atoms. The number of carboxylic acid groups (broad SMARTS) is 1. The molecule has 0 aromatic heterocycles. The zero-order valence-corrected chi connectivity index (χ0v) is 7.42. The predicted octanol–water partition coefficient (Wildman–Crippen LogP) is 2.07. The molecular formula is C9H15NO2. The fourth-order valence-corrected chi connectivity index (χ4v) is 2.79. The summed E-state index contributed by atoms with van der Waals surface area (Å²) in [5.41, 5.74) is -0.0330. The van der Waals surface area contributed by atoms with Crippen LogP contribution >= 0.6 is 0 Å². The van der Waals surface area contributed by atoms with Crippen molar-refractivity contribution < 1.29 is 9.90 Å². The van der Waals surface area contributed by atoms with Crippen LogP contribution in [0.15, 0.2) is 0 Å². The van der Waals surface area contributed by atoms with Gasteiger partial charge in [0, 0.05) is 11.6 Å². The highest BCUT2D eigenvalue weighted by molar-refractivity contribution is 5.67. The van der Waals surface area contributed by atoms with Gasteiger partial charge in [-0.05, 0) is 39.0 Å². The summed E-state index contributed by atoms with van der Waals surface area (Å²) in [5.74, 6) is 0. The molecule has 2 aliphatic heterocycles. The first kappa shape index (κ1) is 7.90. The number of rotatable bonds is 0. The van der Waals surface area contributed by atoms with Crippen molar-refractivity contribution in [1.82, 2.24) is 4.90 Å². The van der Waals surface area contributed by atoms with E-state index in [1.807, 2.05) is 0 Å². The molecule has 0 saturated carbocycles. The van der Waals surface area contributed by atoms with Crippen LogP contribution < -0.4 is 0 Å². The van der Waals surface area contributed by atoms with Gasteiger partial charge in [-0.3, -0.25) is 4.90 Å². The molecule has 2 unspecified atom stereocenters. The highest BCUT2D eigenvalue weighted by Crippen LogP contribution is 2.43. The molecule has 2 aliphatic rings. The van der Waals surface area contributed by atoms with Gasteiger partial charge in [0.15, 0.2) is 0 Å². The monoisotopic (exact) mass is 169 g/mol. The van der Waals surface area contributed by atoms with Crippen molar-refractivity contribution in [2.45, 2.75) is 50.6 Å². The highest BCUT2D eigenvalue weighted by atomic mass is 16.4. The maximum atomic E-state index is 10.9. The van der Waals surface area contributed by atoms with Crippen molar-refractivity contribution in [3.05, 3.63) is 0 Å². The Kier molecular flexibility index (Phi) is 1.56. The first-order valence-corrected chi connectivity index (χ1v) is 4.66. The lowest BCUT2D eigenvalue weighted by molar-refractivity contribution is 0.0617. The van der Waals surface area contributed by atoms with Crippen molar-refractivity contribution in [3.8, 4) is 0 Å². The van der Waals surface area contributed by atoms with Gasteiger partial charge >= 0.3 is 6.09 Å². The Morgan fingerprint density at radius 2 is 2.25 bits per heavy atom. The number of hydrogen-bond acceptors (Lipinski definition) is 1. The molecule has 2 heterocycles. The molecule has 68 valence electrons. The summed E-state index contributed by atoms with van der Waals surface area (Å²) in [6.07, 6.45) is 4.73. The Bertz CT molecular complexity index is 213. The molecule has 2 atom stereocenters. The molecule has 0 aliphatic carbocycles. The van der Waals surface area contributed by atoms with E-state index in [1.165, 1.54) is 6.42 Å². The van der Waals surface area contributed by atoms with Crippen molar-refractivity contribution >= 4 is 6.09 Å². The maximum Gasteiger partial charge on any atom is 0.407 e. The van der Waals surface area contributed by atoms with E-state index < -0.39 is 6.09 Å². The summed E-state index contributed by atoms with van der Waals surface area (Å²) in [6.45, 7) is 2.08. The van der Waals surface area contributed by atoms with Gasteiger partial charge in [0.25, 0.3) is 0 Å². The topological polar surface area (TPSA) is 40.5 Å². The zero-order chi connectivity index (χ0) is 8.77. The minimum Gasteiger partial charge on any atom is -0.465 e. The number of piperidine rings is 1. The summed E-state index contributed by atoms with van der Waals surface area (Å²) < 4.78 is 0. The molecule has 1 amide bonds. The number of nitrogens with zero attached hydrogens (tertiary/aromatic N) is 1. The number of amides is 1. The molecule has 2 saturated heterocycles. The van der Waals surface area contributed by atoms with Gasteiger partial charge in [0.1, 0.15) is 0 Å². The summed E-state index contributed by atoms with van der Waals surface area (Å²) in [4.78, 5) is 12.6. The van der Waals surface area contributed by atoms with E-state index in [9.17, 15) is 4.79 Å². The van der Waals surface area contributed by atoms with Gasteiger partial charge in [0.05, 0.1) is 0 Å². The lowest BCUT2D eigenvalue weighted by Crippen LogP contribution is -2.50. The lowest BCUT2D eigenvalue weighted by atomic mass is 9.91. The smallest absolute Gasteiger partial charge is 0.407 e. The van der Waals surface area contributed by atoms with Crippen LogP contribution in [0.3, 0.4) is 0 Å². The van der Waals surface area contributed by atoms with Crippen LogP contribution in [0.5, 0.6) is 0 Å². The summed E-state index contributed by atoms with van der Waals surface area (Å²) in [6, 6.07) is 0.321. The minimum absolute atomic E-state index is 0.0330. The molecule has 0 spiro atoms. The van der Waals surface area contributed by atoms with Crippen LogP contribution in [0.4, 0.5) is 4.79 Å². The molecule has 3 nitrogen and oxygen atoms in total. The number of carbonyl (C=O) groups is 1. The van der Waals surface area contributed by atoms with Gasteiger partial charge in [-0.15, -0.1) is 0 Å². The minimum atomic E-state index is -0.722. The Morgan fingerprint density at radius 3 is 2.75 bits per heavy atom. The summed E-state index contributed by atoms with van der Waals surface area (Å²) in [5, 5.41) is 9.01. The Hall–Kier alpha value is -0.730. The van der Waals surface area contributed by atoms with Crippen LogP contribution in [0.1, 0.15) is 39.0 Å². The van der Waals surface area contributed by atoms with Gasteiger partial charge in [-0.2, -0.15) is 0 Å². The SMILES string of the molecule is CC12CCCC(CC1)N2C(=O)O. The van der Waals surface area contributed by atoms with Crippen molar-refractivity contribution in [2.24, 2.45) is 0 Å². The summed E-state index contributed by atoms with van der Waals surface area (Å²) in [7, 11) is 0. The lowest BCUT2D eigenvalue weighted by Gasteiger charge is -2.40. The molecule has 2 rings (SSSR count). The van der Waals surface area contributed by atoms with Gasteiger partial charge in [-0.1, -0.05) is 0 Å². The second-order valence-electron chi connectivity index (χ2n) is 4.23. The Labute approximate surface area is 72.4 Å². The van der Waals surface area contributed by atoms with Crippen molar-refractivity contribution in [2.75, 3.05) is 0 Å². The van der Waals surface area contributed by atoms with Crippen molar-refractivity contribution in [3.63, 3.8) is 0 Å². The quantitative estimate of drug-likeness (QED) is 0.603. The van der Waals surface area contributed by atoms with Gasteiger partial charge in [0.2, 0.25) is 0 Å². The van der Waals surface area contributed by atoms with Gasteiger partial charge in [-0.25, -0.2) is 4.79 Å². The van der Waals surface area contributed by atoms with E-state index in [0.717, 1.165) is 25.7 Å². The normalized spacial score (nSPS) is 40.1. The third kappa shape index (κ3) is 0.919. The predicted molar refractivity (Wildman–Crippen MR) is 45.1 cm³/mol. The number of hydrogen-bond donors (Lipinski definition) is 1. The van der Waals surface area contributed by atoms with E-state index in [2.05, 4.69) is 6.92 Å². The van der Waals surface area contributed by atoms with E-state index in [-0.39, 0.29) is 5.54 Å². The first-order chi connectivity index (χ1) is 5.63. The van der Waals surface area contributed by atoms with E-state index in [1.54, 1.807) is 4.90 Å². The molecule has 3 heteroatoms. The second kappa shape index (κ2) is 2.38. The second-order valence-corrected chi connectivity index (χ2v) is 4.23. The third-order valence-corrected chi connectivity index (χ3v) is 3.42. The molecule has 2 bridgehead atoms. The van der Waals surface area contributed by atoms with Crippen LogP contribution in [-0.2, 0) is 0 Å². The first-order valence-electron chi connectivity index (χ1n) is 4.66. The highest BCUT2D eigenvalue weighted by Gasteiger charge is 2.47. The zero-order valence-electron chi connectivity index (χ0n) is 7.42. The third-order valence-electron chi connectivity index (χ3n) is 3.42. The largest absolute Gasteiger partial charge is 0.465 e. The standard InChI is InChI=1S/C9H15NO2/c1-9-5-2-3-7(4-6-9)10(9)8(11)12/h7H,2-6H2,1H3,(H,11,12). The fraction of sp³-hybridized carbons (Fsp3) is 0.889. The Morgan fingerprint density at radius 1 is 1.50 bits per heavy atom. The Balaban J connectivity index is 2.26. The summed E-state index contributed by atoms with van der Waals surface area (Å²) >= 11 is 0. The van der Waals surface area contributed by atoms with Crippen molar-refractivity contribution in [1.29, 1.82) is 0 Å². The average Bonchev–Trinajstić information content (AvgIpc) is 2.18. The number of fused-ring (bicyclic) bond motifs is 2. The molecule has 0 radical (unpaired) electrons. The van der Waals surface area contributed by atoms with E-state index in [0.29, 0.717) is 6.04 Å². The molecule has 0 aromatic rings. The molecular weight excluding hydrogens is 154 g/mol. The molecule has 0 aromatic carbocycles. The van der Waals surface area contributed by atoms with E-state index in [4.69, 9.17) is 5.11 Å². The molecule has 2 fully saturated rings. The fourth-order valence-electron chi connectivity index (χ4n) is 2.79. The van der Waals surface area contributed by atoms with Crippen LogP contribution in [0, 0.1) is 0 Å². The molecule has 1 N–H and O–H groups in total. The maximum absolute atomic E-state index is 10.9.